The molecule has 11 nitrogen and oxygen atoms in total. The summed E-state index contributed by atoms with van der Waals surface area (Å²) in [7, 11) is 0.138. The Hall–Kier alpha value is -4.16. The summed E-state index contributed by atoms with van der Waals surface area (Å²) in [4.78, 5) is 29.8. The minimum atomic E-state index is -3.50. The number of amides is 3. The molecular weight excluding hydrogens is 689 g/mol. The van der Waals surface area contributed by atoms with E-state index in [1.165, 1.54) is 16.7 Å². The van der Waals surface area contributed by atoms with Crippen molar-refractivity contribution in [2.24, 2.45) is 29.2 Å². The molecule has 1 aromatic heterocycles. The van der Waals surface area contributed by atoms with Gasteiger partial charge in [-0.3, -0.25) is 14.2 Å². The molecule has 2 unspecified atom stereocenters. The lowest BCUT2D eigenvalue weighted by Gasteiger charge is -2.46. The molecule has 1 spiro atoms. The Balaban J connectivity index is 1.13. The number of nitrogens with zero attached hydrogens (tertiary/aromatic N) is 4. The number of methoxy groups -OCH3 is 1. The van der Waals surface area contributed by atoms with Crippen molar-refractivity contribution in [2.45, 2.75) is 82.3 Å². The maximum atomic E-state index is 14.6. The molecule has 3 amide bonds. The van der Waals surface area contributed by atoms with Crippen LogP contribution >= 0.6 is 0 Å². The van der Waals surface area contributed by atoms with Crippen LogP contribution in [0.5, 0.6) is 5.75 Å². The summed E-state index contributed by atoms with van der Waals surface area (Å²) >= 11 is 0. The fraction of sp³-hybridized carbons (Fsp3) is 0.537. The monoisotopic (exact) mass is 740 g/mol. The number of rotatable bonds is 4. The average Bonchev–Trinajstić information content (AvgIpc) is 3.76. The predicted octanol–water partition coefficient (Wildman–Crippen LogP) is 6.22. The van der Waals surface area contributed by atoms with E-state index in [0.29, 0.717) is 30.4 Å². The third-order valence-corrected chi connectivity index (χ3v) is 14.2. The summed E-state index contributed by atoms with van der Waals surface area (Å²) in [6.07, 6.45) is 14.7. The van der Waals surface area contributed by atoms with Gasteiger partial charge in [-0.15, -0.1) is 4.36 Å². The van der Waals surface area contributed by atoms with E-state index >= 15 is 0 Å². The minimum Gasteiger partial charge on any atom is -0.490 e. The predicted molar refractivity (Wildman–Crippen MR) is 206 cm³/mol. The van der Waals surface area contributed by atoms with Gasteiger partial charge in [0.2, 0.25) is 0 Å². The second kappa shape index (κ2) is 14.2. The van der Waals surface area contributed by atoms with E-state index in [-0.39, 0.29) is 35.1 Å². The fourth-order valence-electron chi connectivity index (χ4n) is 9.22. The third kappa shape index (κ3) is 7.36. The van der Waals surface area contributed by atoms with Crippen molar-refractivity contribution in [3.8, 4) is 5.75 Å². The first-order valence-corrected chi connectivity index (χ1v) is 20.9. The number of urea groups is 1. The Labute approximate surface area is 313 Å². The highest BCUT2D eigenvalue weighted by atomic mass is 32.2. The molecule has 2 saturated carbocycles. The van der Waals surface area contributed by atoms with Crippen LogP contribution in [0.1, 0.15) is 84.0 Å². The zero-order valence-corrected chi connectivity index (χ0v) is 32.1. The minimum absolute atomic E-state index is 0.0263. The van der Waals surface area contributed by atoms with E-state index < -0.39 is 21.9 Å². The quantitative estimate of drug-likeness (QED) is 0.305. The van der Waals surface area contributed by atoms with Gasteiger partial charge in [-0.2, -0.15) is 5.10 Å². The van der Waals surface area contributed by atoms with E-state index in [1.807, 2.05) is 32.3 Å². The topological polar surface area (TPSA) is 127 Å². The number of anilines is 1. The van der Waals surface area contributed by atoms with Crippen molar-refractivity contribution in [1.29, 1.82) is 0 Å². The van der Waals surface area contributed by atoms with Crippen LogP contribution < -0.4 is 19.7 Å². The molecule has 5 aliphatic rings. The Morgan fingerprint density at radius 2 is 2.04 bits per heavy atom. The molecule has 2 aromatic carbocycles. The average molecular weight is 741 g/mol. The Morgan fingerprint density at radius 3 is 2.81 bits per heavy atom. The zero-order chi connectivity index (χ0) is 36.9. The Bertz CT molecular complexity index is 2050. The molecule has 8 atom stereocenters. The molecule has 8 rings (SSSR count). The summed E-state index contributed by atoms with van der Waals surface area (Å²) in [5.74, 6) is 0.925. The lowest BCUT2D eigenvalue weighted by molar-refractivity contribution is 0.0131. The lowest BCUT2D eigenvalue weighted by Crippen LogP contribution is -2.49. The molecule has 0 saturated heterocycles. The van der Waals surface area contributed by atoms with E-state index in [1.54, 1.807) is 24.1 Å². The summed E-state index contributed by atoms with van der Waals surface area (Å²) in [5, 5.41) is 7.19. The van der Waals surface area contributed by atoms with Crippen molar-refractivity contribution in [3.63, 3.8) is 0 Å². The first kappa shape index (κ1) is 35.8. The fourth-order valence-corrected chi connectivity index (χ4v) is 11.1. The number of hydrogen-bond donors (Lipinski definition) is 2. The number of benzene rings is 2. The van der Waals surface area contributed by atoms with Crippen LogP contribution in [-0.2, 0) is 33.5 Å². The maximum Gasteiger partial charge on any atom is 0.327 e. The van der Waals surface area contributed by atoms with Crippen molar-refractivity contribution >= 4 is 27.5 Å². The molecule has 2 fully saturated rings. The molecular formula is C41H52N6O5S. The standard InChI is InChI=1S/C41H52N6O5S/c1-26-10-14-34-28(17-26)8-6-16-41(34)24-47-22-30-11-13-32(30)37(51-4)9-5-7-27(2)23-53(50,44-39(48)29-12-15-38(52-25-41)36(47)18-29)45-40(49)43-35-19-33(35)31-20-42-46(3)21-31/h5,9-10,12,14-15,17-18,20-21,27,30,32-33,35,37H,6-8,11,13,16,19,22-25H2,1-4H3,(H2,43,44,45,48,49,50)/b9-5+/t27-,30-,32+,33?,35+,37-,41-,53?/m0/s1. The molecule has 2 aliphatic heterocycles. The van der Waals surface area contributed by atoms with Crippen LogP contribution in [0.2, 0.25) is 0 Å². The highest BCUT2D eigenvalue weighted by Crippen LogP contribution is 2.47. The number of allylic oxidation sites excluding steroid dienone is 1. The van der Waals surface area contributed by atoms with Crippen LogP contribution in [0.3, 0.4) is 0 Å². The number of carbonyl (C=O) groups excluding carboxylic acids is 2. The number of carbonyl (C=O) groups is 2. The highest BCUT2D eigenvalue weighted by Gasteiger charge is 2.45. The third-order valence-electron chi connectivity index (χ3n) is 12.2. The number of aryl methyl sites for hydroxylation is 3. The van der Waals surface area contributed by atoms with Crippen molar-refractivity contribution < 1.29 is 23.3 Å². The van der Waals surface area contributed by atoms with Gasteiger partial charge in [-0.1, -0.05) is 42.8 Å². The van der Waals surface area contributed by atoms with E-state index in [9.17, 15) is 13.8 Å². The Kier molecular flexibility index (Phi) is 9.63. The van der Waals surface area contributed by atoms with E-state index in [2.05, 4.69) is 61.7 Å². The van der Waals surface area contributed by atoms with Crippen LogP contribution in [0.15, 0.2) is 65.3 Å². The lowest BCUT2D eigenvalue weighted by atomic mass is 9.68. The molecule has 3 heterocycles. The normalized spacial score (nSPS) is 32.9. The van der Waals surface area contributed by atoms with Gasteiger partial charge in [0.25, 0.3) is 5.91 Å². The van der Waals surface area contributed by atoms with Gasteiger partial charge in [0.15, 0.2) is 0 Å². The summed E-state index contributed by atoms with van der Waals surface area (Å²) in [6.45, 7) is 6.25. The molecule has 3 aromatic rings. The summed E-state index contributed by atoms with van der Waals surface area (Å²) in [6, 6.07) is 11.6. The van der Waals surface area contributed by atoms with Crippen LogP contribution in [0, 0.1) is 24.7 Å². The smallest absolute Gasteiger partial charge is 0.327 e. The molecule has 282 valence electrons. The number of hydrogen-bond acceptors (Lipinski definition) is 7. The van der Waals surface area contributed by atoms with Crippen molar-refractivity contribution in [2.75, 3.05) is 37.5 Å². The molecule has 12 heteroatoms. The van der Waals surface area contributed by atoms with Gasteiger partial charge in [0.05, 0.1) is 30.3 Å². The summed E-state index contributed by atoms with van der Waals surface area (Å²) < 4.78 is 36.0. The van der Waals surface area contributed by atoms with Crippen molar-refractivity contribution in [3.05, 3.63) is 88.8 Å². The molecule has 53 heavy (non-hydrogen) atoms. The molecule has 2 N–H and O–H groups in total. The molecule has 3 aliphatic carbocycles. The number of fused-ring (bicyclic) bond motifs is 4. The zero-order valence-electron chi connectivity index (χ0n) is 31.3. The van der Waals surface area contributed by atoms with Gasteiger partial charge >= 0.3 is 6.03 Å². The number of nitrogens with one attached hydrogen (secondary N) is 2. The van der Waals surface area contributed by atoms with E-state index in [0.717, 1.165) is 68.6 Å². The van der Waals surface area contributed by atoms with Crippen molar-refractivity contribution in [1.82, 2.24) is 19.8 Å². The van der Waals surface area contributed by atoms with Gasteiger partial charge in [-0.05, 0) is 105 Å². The maximum absolute atomic E-state index is 14.6. The first-order chi connectivity index (χ1) is 25.5. The largest absolute Gasteiger partial charge is 0.490 e. The Morgan fingerprint density at radius 1 is 1.17 bits per heavy atom. The van der Waals surface area contributed by atoms with Crippen LogP contribution in [0.25, 0.3) is 0 Å². The molecule has 2 bridgehead atoms. The summed E-state index contributed by atoms with van der Waals surface area (Å²) in [5.41, 5.74) is 6.05. The van der Waals surface area contributed by atoms with Gasteiger partial charge < -0.3 is 19.7 Å². The molecule has 0 radical (unpaired) electrons. The van der Waals surface area contributed by atoms with Gasteiger partial charge in [0, 0.05) is 56.4 Å². The second-order valence-electron chi connectivity index (χ2n) is 16.3. The SMILES string of the molecule is CO[C@H]1/C=C/C[C@H](C)CS(=O)(NC(=O)N[C@@H]2CC2c2cnn(C)c2)=NC(=O)c2ccc3c(c2)N(C[C@@H]2CC[C@H]21)C[C@@]1(CCCc2cc(C)ccc21)CO3. The number of ether oxygens (including phenoxy) is 2. The van der Waals surface area contributed by atoms with Crippen LogP contribution in [0.4, 0.5) is 10.5 Å². The van der Waals surface area contributed by atoms with Gasteiger partial charge in [0.1, 0.15) is 15.7 Å². The van der Waals surface area contributed by atoms with Gasteiger partial charge in [-0.25, -0.2) is 9.00 Å². The second-order valence-corrected chi connectivity index (χ2v) is 18.3. The number of aromatic nitrogens is 2. The van der Waals surface area contributed by atoms with Crippen LogP contribution in [-0.4, -0.2) is 70.6 Å². The van der Waals surface area contributed by atoms with E-state index in [4.69, 9.17) is 9.47 Å². The highest BCUT2D eigenvalue weighted by molar-refractivity contribution is 7.92. The first-order valence-electron chi connectivity index (χ1n) is 19.2.